The second-order valence-corrected chi connectivity index (χ2v) is 6.25. The Hall–Kier alpha value is -1.17. The van der Waals surface area contributed by atoms with Gasteiger partial charge in [-0.2, -0.15) is 0 Å². The van der Waals surface area contributed by atoms with Gasteiger partial charge in [0.05, 0.1) is 5.41 Å². The Bertz CT molecular complexity index is 520. The fourth-order valence-electron chi connectivity index (χ4n) is 3.05. The van der Waals surface area contributed by atoms with Crippen molar-refractivity contribution in [2.75, 3.05) is 26.8 Å². The number of halogens is 2. The maximum absolute atomic E-state index is 13.9. The molecule has 4 nitrogen and oxygen atoms in total. The molecule has 6 heteroatoms. The summed E-state index contributed by atoms with van der Waals surface area (Å²) in [5.74, 6) is -1.16. The van der Waals surface area contributed by atoms with Crippen molar-refractivity contribution in [3.05, 3.63) is 34.6 Å². The van der Waals surface area contributed by atoms with Gasteiger partial charge in [0.15, 0.2) is 0 Å². The maximum Gasteiger partial charge on any atom is 0.311 e. The van der Waals surface area contributed by atoms with Crippen molar-refractivity contribution in [1.29, 1.82) is 0 Å². The van der Waals surface area contributed by atoms with Gasteiger partial charge in [-0.05, 0) is 37.9 Å². The summed E-state index contributed by atoms with van der Waals surface area (Å²) in [6, 6.07) is 4.59. The molecule has 1 fully saturated rings. The van der Waals surface area contributed by atoms with Crippen LogP contribution >= 0.6 is 11.6 Å². The maximum atomic E-state index is 13.9. The molecule has 1 heterocycles. The molecular formula is C16H21ClFNO3. The van der Waals surface area contributed by atoms with Gasteiger partial charge in [0, 0.05) is 37.4 Å². The summed E-state index contributed by atoms with van der Waals surface area (Å²) in [4.78, 5) is 13.7. The monoisotopic (exact) mass is 329 g/mol. The molecule has 0 spiro atoms. The van der Waals surface area contributed by atoms with Crippen LogP contribution in [-0.4, -0.2) is 42.8 Å². The van der Waals surface area contributed by atoms with Gasteiger partial charge in [-0.3, -0.25) is 9.69 Å². The molecule has 1 aromatic rings. The molecule has 1 N–H and O–H groups in total. The third-order valence-corrected chi connectivity index (χ3v) is 4.69. The van der Waals surface area contributed by atoms with Crippen molar-refractivity contribution in [3.63, 3.8) is 0 Å². The Kier molecular flexibility index (Phi) is 5.78. The summed E-state index contributed by atoms with van der Waals surface area (Å²) < 4.78 is 19.0. The molecule has 1 atom stereocenters. The summed E-state index contributed by atoms with van der Waals surface area (Å²) >= 11 is 6.06. The van der Waals surface area contributed by atoms with E-state index in [1.165, 1.54) is 6.07 Å². The van der Waals surface area contributed by atoms with Crippen LogP contribution in [0.2, 0.25) is 5.02 Å². The summed E-state index contributed by atoms with van der Waals surface area (Å²) in [6.07, 6.45) is 1.84. The number of rotatable bonds is 6. The third kappa shape index (κ3) is 3.77. The van der Waals surface area contributed by atoms with Gasteiger partial charge in [0.1, 0.15) is 5.82 Å². The predicted octanol–water partition coefficient (Wildman–Crippen LogP) is 3.18. The first-order valence-corrected chi connectivity index (χ1v) is 7.74. The van der Waals surface area contributed by atoms with Crippen molar-refractivity contribution in [2.24, 2.45) is 5.41 Å². The van der Waals surface area contributed by atoms with Crippen LogP contribution in [-0.2, 0) is 16.1 Å². The van der Waals surface area contributed by atoms with Gasteiger partial charge < -0.3 is 9.84 Å². The summed E-state index contributed by atoms with van der Waals surface area (Å²) in [6.45, 7) is 1.86. The Balaban J connectivity index is 2.14. The molecule has 1 aliphatic rings. The highest BCUT2D eigenvalue weighted by Crippen LogP contribution is 2.35. The number of methoxy groups -OCH3 is 1. The predicted molar refractivity (Wildman–Crippen MR) is 82.5 cm³/mol. The van der Waals surface area contributed by atoms with Crippen LogP contribution in [0.1, 0.15) is 24.8 Å². The molecule has 1 aromatic carbocycles. The fourth-order valence-corrected chi connectivity index (χ4v) is 3.27. The lowest BCUT2D eigenvalue weighted by Gasteiger charge is -2.40. The number of carboxylic acid groups (broad SMARTS) is 1. The molecule has 1 aliphatic heterocycles. The summed E-state index contributed by atoms with van der Waals surface area (Å²) in [5, 5.41) is 10.0. The zero-order valence-electron chi connectivity index (χ0n) is 12.6. The minimum Gasteiger partial charge on any atom is -0.481 e. The van der Waals surface area contributed by atoms with E-state index in [-0.39, 0.29) is 5.82 Å². The number of nitrogens with zero attached hydrogens (tertiary/aromatic N) is 1. The summed E-state index contributed by atoms with van der Waals surface area (Å²) in [5.41, 5.74) is -0.400. The number of benzene rings is 1. The molecule has 0 amide bonds. The number of likely N-dealkylation sites (tertiary alicyclic amines) is 1. The zero-order valence-corrected chi connectivity index (χ0v) is 13.4. The molecule has 22 heavy (non-hydrogen) atoms. The second kappa shape index (κ2) is 7.40. The highest BCUT2D eigenvalue weighted by atomic mass is 35.5. The zero-order chi connectivity index (χ0) is 16.2. The minimum absolute atomic E-state index is 0.327. The van der Waals surface area contributed by atoms with Crippen LogP contribution < -0.4 is 0 Å². The van der Waals surface area contributed by atoms with Crippen LogP contribution in [0.3, 0.4) is 0 Å². The SMILES string of the molecule is COCCC1(C(=O)O)CCCN(Cc2c(F)cccc2Cl)C1. The Morgan fingerprint density at radius 1 is 1.55 bits per heavy atom. The highest BCUT2D eigenvalue weighted by molar-refractivity contribution is 6.31. The van der Waals surface area contributed by atoms with E-state index in [0.29, 0.717) is 43.1 Å². The van der Waals surface area contributed by atoms with Gasteiger partial charge in [-0.15, -0.1) is 0 Å². The third-order valence-electron chi connectivity index (χ3n) is 4.34. The molecule has 0 aliphatic carbocycles. The second-order valence-electron chi connectivity index (χ2n) is 5.84. The number of hydrogen-bond acceptors (Lipinski definition) is 3. The number of ether oxygens (including phenoxy) is 1. The molecule has 1 saturated heterocycles. The number of carboxylic acids is 1. The number of hydrogen-bond donors (Lipinski definition) is 1. The molecule has 1 unspecified atom stereocenters. The normalized spacial score (nSPS) is 22.7. The molecule has 2 rings (SSSR count). The van der Waals surface area contributed by atoms with E-state index in [1.807, 2.05) is 4.90 Å². The number of carbonyl (C=O) groups is 1. The molecule has 0 radical (unpaired) electrons. The molecule has 0 aromatic heterocycles. The lowest BCUT2D eigenvalue weighted by molar-refractivity contribution is -0.154. The Morgan fingerprint density at radius 2 is 2.32 bits per heavy atom. The lowest BCUT2D eigenvalue weighted by Crippen LogP contribution is -2.48. The van der Waals surface area contributed by atoms with Crippen molar-refractivity contribution in [3.8, 4) is 0 Å². The van der Waals surface area contributed by atoms with E-state index in [1.54, 1.807) is 19.2 Å². The van der Waals surface area contributed by atoms with Gasteiger partial charge in [0.25, 0.3) is 0 Å². The van der Waals surface area contributed by atoms with E-state index >= 15 is 0 Å². The molecular weight excluding hydrogens is 309 g/mol. The summed E-state index contributed by atoms with van der Waals surface area (Å²) in [7, 11) is 1.56. The van der Waals surface area contributed by atoms with Gasteiger partial charge >= 0.3 is 5.97 Å². The van der Waals surface area contributed by atoms with E-state index in [9.17, 15) is 14.3 Å². The fraction of sp³-hybridized carbons (Fsp3) is 0.562. The smallest absolute Gasteiger partial charge is 0.311 e. The van der Waals surface area contributed by atoms with Gasteiger partial charge in [0.2, 0.25) is 0 Å². The molecule has 0 bridgehead atoms. The van der Waals surface area contributed by atoms with Crippen LogP contribution in [0.4, 0.5) is 4.39 Å². The van der Waals surface area contributed by atoms with Crippen molar-refractivity contribution >= 4 is 17.6 Å². The van der Waals surface area contributed by atoms with Gasteiger partial charge in [-0.25, -0.2) is 4.39 Å². The highest BCUT2D eigenvalue weighted by Gasteiger charge is 2.42. The van der Waals surface area contributed by atoms with Crippen molar-refractivity contribution in [2.45, 2.75) is 25.8 Å². The van der Waals surface area contributed by atoms with Crippen molar-refractivity contribution in [1.82, 2.24) is 4.90 Å². The van der Waals surface area contributed by atoms with E-state index in [2.05, 4.69) is 0 Å². The van der Waals surface area contributed by atoms with Crippen molar-refractivity contribution < 1.29 is 19.0 Å². The van der Waals surface area contributed by atoms with E-state index < -0.39 is 11.4 Å². The first kappa shape index (κ1) is 17.2. The van der Waals surface area contributed by atoms with Crippen LogP contribution in [0.5, 0.6) is 0 Å². The Morgan fingerprint density at radius 3 is 2.95 bits per heavy atom. The topological polar surface area (TPSA) is 49.8 Å². The first-order valence-electron chi connectivity index (χ1n) is 7.36. The largest absolute Gasteiger partial charge is 0.481 e. The lowest BCUT2D eigenvalue weighted by atomic mass is 9.77. The van der Waals surface area contributed by atoms with Crippen LogP contribution in [0, 0.1) is 11.2 Å². The standard InChI is InChI=1S/C16H21ClFNO3/c1-22-9-7-16(15(20)21)6-3-8-19(11-16)10-12-13(17)4-2-5-14(12)18/h2,4-5H,3,6-11H2,1H3,(H,20,21). The first-order chi connectivity index (χ1) is 10.5. The molecule has 122 valence electrons. The average Bonchev–Trinajstić information content (AvgIpc) is 2.49. The van der Waals surface area contributed by atoms with E-state index in [0.717, 1.165) is 13.0 Å². The van der Waals surface area contributed by atoms with Gasteiger partial charge in [-0.1, -0.05) is 17.7 Å². The van der Waals surface area contributed by atoms with Crippen LogP contribution in [0.25, 0.3) is 0 Å². The number of aliphatic carboxylic acids is 1. The average molecular weight is 330 g/mol. The van der Waals surface area contributed by atoms with E-state index in [4.69, 9.17) is 16.3 Å². The quantitative estimate of drug-likeness (QED) is 0.871. The Labute approximate surface area is 134 Å². The molecule has 0 saturated carbocycles. The number of piperidine rings is 1. The minimum atomic E-state index is -0.827. The van der Waals surface area contributed by atoms with Crippen LogP contribution in [0.15, 0.2) is 18.2 Å².